The summed E-state index contributed by atoms with van der Waals surface area (Å²) in [6.07, 6.45) is 1.82. The summed E-state index contributed by atoms with van der Waals surface area (Å²) in [6, 6.07) is 0. The fraction of sp³-hybridized carbons (Fsp3) is 0.900. The van der Waals surface area contributed by atoms with Gasteiger partial charge >= 0.3 is 0 Å². The Hall–Kier alpha value is -0.570. The SMILES string of the molecule is CCNC1(C(N)=O)CC(C(C)C)C1. The van der Waals surface area contributed by atoms with Gasteiger partial charge in [-0.15, -0.1) is 0 Å². The molecule has 3 heteroatoms. The Bertz CT molecular complexity index is 195. The van der Waals surface area contributed by atoms with Crippen LogP contribution in [-0.4, -0.2) is 18.0 Å². The summed E-state index contributed by atoms with van der Waals surface area (Å²) in [6.45, 7) is 7.21. The number of amides is 1. The first-order valence-corrected chi connectivity index (χ1v) is 5.07. The van der Waals surface area contributed by atoms with Gasteiger partial charge in [-0.05, 0) is 31.2 Å². The monoisotopic (exact) mass is 184 g/mol. The molecule has 0 aromatic heterocycles. The lowest BCUT2D eigenvalue weighted by atomic mass is 9.63. The van der Waals surface area contributed by atoms with Crippen molar-refractivity contribution >= 4 is 5.91 Å². The van der Waals surface area contributed by atoms with Gasteiger partial charge in [0.1, 0.15) is 0 Å². The third-order valence-corrected chi connectivity index (χ3v) is 3.15. The van der Waals surface area contributed by atoms with Crippen LogP contribution in [0.4, 0.5) is 0 Å². The minimum absolute atomic E-state index is 0.189. The normalized spacial score (nSPS) is 33.1. The molecule has 0 aromatic rings. The van der Waals surface area contributed by atoms with Crippen molar-refractivity contribution in [3.8, 4) is 0 Å². The second kappa shape index (κ2) is 3.66. The van der Waals surface area contributed by atoms with Gasteiger partial charge in [0.15, 0.2) is 0 Å². The Morgan fingerprint density at radius 1 is 1.62 bits per heavy atom. The average Bonchev–Trinajstić information content (AvgIpc) is 1.94. The fourth-order valence-corrected chi connectivity index (χ4v) is 2.08. The Labute approximate surface area is 80.1 Å². The zero-order chi connectivity index (χ0) is 10.1. The average molecular weight is 184 g/mol. The van der Waals surface area contributed by atoms with Gasteiger partial charge in [0, 0.05) is 0 Å². The van der Waals surface area contributed by atoms with E-state index in [1.54, 1.807) is 0 Å². The molecular formula is C10H20N2O. The van der Waals surface area contributed by atoms with Crippen LogP contribution in [0, 0.1) is 11.8 Å². The number of hydrogen-bond acceptors (Lipinski definition) is 2. The number of rotatable bonds is 4. The zero-order valence-electron chi connectivity index (χ0n) is 8.76. The first kappa shape index (κ1) is 10.5. The van der Waals surface area contributed by atoms with Crippen molar-refractivity contribution in [3.05, 3.63) is 0 Å². The van der Waals surface area contributed by atoms with E-state index in [1.165, 1.54) is 0 Å². The molecule has 1 aliphatic carbocycles. The number of nitrogens with two attached hydrogens (primary N) is 1. The standard InChI is InChI=1S/C10H20N2O/c1-4-12-10(9(11)13)5-8(6-10)7(2)3/h7-8,12H,4-6H2,1-3H3,(H2,11,13). The van der Waals surface area contributed by atoms with Crippen molar-refractivity contribution in [2.45, 2.75) is 39.2 Å². The first-order valence-electron chi connectivity index (χ1n) is 5.07. The number of hydrogen-bond donors (Lipinski definition) is 2. The van der Waals surface area contributed by atoms with E-state index in [0.717, 1.165) is 19.4 Å². The summed E-state index contributed by atoms with van der Waals surface area (Å²) in [5.74, 6) is 1.13. The van der Waals surface area contributed by atoms with Crippen LogP contribution in [0.25, 0.3) is 0 Å². The van der Waals surface area contributed by atoms with Crippen LogP contribution in [0.2, 0.25) is 0 Å². The highest BCUT2D eigenvalue weighted by Gasteiger charge is 2.48. The molecule has 3 N–H and O–H groups in total. The maximum Gasteiger partial charge on any atom is 0.237 e. The zero-order valence-corrected chi connectivity index (χ0v) is 8.76. The number of carbonyl (C=O) groups is 1. The van der Waals surface area contributed by atoms with Gasteiger partial charge in [-0.25, -0.2) is 0 Å². The maximum absolute atomic E-state index is 11.2. The van der Waals surface area contributed by atoms with Crippen molar-refractivity contribution in [1.82, 2.24) is 5.32 Å². The van der Waals surface area contributed by atoms with E-state index in [2.05, 4.69) is 19.2 Å². The number of primary amides is 1. The molecule has 0 aliphatic heterocycles. The minimum Gasteiger partial charge on any atom is -0.368 e. The largest absolute Gasteiger partial charge is 0.368 e. The molecule has 1 aliphatic rings. The molecule has 0 unspecified atom stereocenters. The van der Waals surface area contributed by atoms with Gasteiger partial charge in [0.25, 0.3) is 0 Å². The van der Waals surface area contributed by atoms with Gasteiger partial charge in [-0.3, -0.25) is 4.79 Å². The minimum atomic E-state index is -0.385. The van der Waals surface area contributed by atoms with Crippen LogP contribution in [0.3, 0.4) is 0 Å². The van der Waals surface area contributed by atoms with Crippen LogP contribution < -0.4 is 11.1 Å². The molecule has 0 bridgehead atoms. The Morgan fingerprint density at radius 3 is 2.46 bits per heavy atom. The fourth-order valence-electron chi connectivity index (χ4n) is 2.08. The van der Waals surface area contributed by atoms with Crippen molar-refractivity contribution in [2.24, 2.45) is 17.6 Å². The Kier molecular flexibility index (Phi) is 2.96. The molecule has 0 atom stereocenters. The molecule has 1 saturated carbocycles. The summed E-state index contributed by atoms with van der Waals surface area (Å²) in [4.78, 5) is 11.2. The van der Waals surface area contributed by atoms with Crippen LogP contribution >= 0.6 is 0 Å². The lowest BCUT2D eigenvalue weighted by Gasteiger charge is -2.47. The third kappa shape index (κ3) is 1.85. The van der Waals surface area contributed by atoms with E-state index in [0.29, 0.717) is 11.8 Å². The first-order chi connectivity index (χ1) is 6.02. The van der Waals surface area contributed by atoms with Crippen molar-refractivity contribution in [2.75, 3.05) is 6.54 Å². The molecule has 1 fully saturated rings. The summed E-state index contributed by atoms with van der Waals surface area (Å²) in [5, 5.41) is 3.21. The van der Waals surface area contributed by atoms with Gasteiger partial charge in [-0.1, -0.05) is 20.8 Å². The molecule has 76 valence electrons. The molecule has 13 heavy (non-hydrogen) atoms. The molecule has 0 spiro atoms. The summed E-state index contributed by atoms with van der Waals surface area (Å²) in [5.41, 5.74) is 4.99. The van der Waals surface area contributed by atoms with E-state index in [-0.39, 0.29) is 11.4 Å². The highest BCUT2D eigenvalue weighted by atomic mass is 16.1. The smallest absolute Gasteiger partial charge is 0.237 e. The van der Waals surface area contributed by atoms with Crippen LogP contribution in [0.5, 0.6) is 0 Å². The van der Waals surface area contributed by atoms with Crippen molar-refractivity contribution in [3.63, 3.8) is 0 Å². The third-order valence-electron chi connectivity index (χ3n) is 3.15. The van der Waals surface area contributed by atoms with Crippen LogP contribution in [0.1, 0.15) is 33.6 Å². The Morgan fingerprint density at radius 2 is 2.15 bits per heavy atom. The highest BCUT2D eigenvalue weighted by molar-refractivity contribution is 5.85. The van der Waals surface area contributed by atoms with Gasteiger partial charge < -0.3 is 11.1 Å². The number of carbonyl (C=O) groups excluding carboxylic acids is 1. The predicted molar refractivity (Wildman–Crippen MR) is 53.2 cm³/mol. The Balaban J connectivity index is 2.53. The van der Waals surface area contributed by atoms with Gasteiger partial charge in [-0.2, -0.15) is 0 Å². The summed E-state index contributed by atoms with van der Waals surface area (Å²) >= 11 is 0. The van der Waals surface area contributed by atoms with E-state index < -0.39 is 0 Å². The lowest BCUT2D eigenvalue weighted by molar-refractivity contribution is -0.131. The molecule has 1 rings (SSSR count). The molecule has 1 amide bonds. The van der Waals surface area contributed by atoms with E-state index in [9.17, 15) is 4.79 Å². The van der Waals surface area contributed by atoms with E-state index in [1.807, 2.05) is 6.92 Å². The second-order valence-corrected chi connectivity index (χ2v) is 4.39. The quantitative estimate of drug-likeness (QED) is 0.681. The molecule has 0 radical (unpaired) electrons. The highest BCUT2D eigenvalue weighted by Crippen LogP contribution is 2.41. The predicted octanol–water partition coefficient (Wildman–Crippen LogP) is 0.886. The topological polar surface area (TPSA) is 55.1 Å². The molecule has 0 saturated heterocycles. The molecule has 3 nitrogen and oxygen atoms in total. The van der Waals surface area contributed by atoms with Crippen LogP contribution in [0.15, 0.2) is 0 Å². The summed E-state index contributed by atoms with van der Waals surface area (Å²) < 4.78 is 0. The van der Waals surface area contributed by atoms with E-state index in [4.69, 9.17) is 5.73 Å². The van der Waals surface area contributed by atoms with E-state index >= 15 is 0 Å². The summed E-state index contributed by atoms with van der Waals surface area (Å²) in [7, 11) is 0. The molecule has 0 heterocycles. The van der Waals surface area contributed by atoms with Crippen molar-refractivity contribution in [1.29, 1.82) is 0 Å². The maximum atomic E-state index is 11.2. The molecular weight excluding hydrogens is 164 g/mol. The second-order valence-electron chi connectivity index (χ2n) is 4.39. The number of likely N-dealkylation sites (N-methyl/N-ethyl adjacent to an activating group) is 1. The van der Waals surface area contributed by atoms with Gasteiger partial charge in [0.2, 0.25) is 5.91 Å². The molecule has 0 aromatic carbocycles. The number of nitrogens with one attached hydrogen (secondary N) is 1. The van der Waals surface area contributed by atoms with Gasteiger partial charge in [0.05, 0.1) is 5.54 Å². The van der Waals surface area contributed by atoms with Crippen LogP contribution in [-0.2, 0) is 4.79 Å². The lowest BCUT2D eigenvalue weighted by Crippen LogP contribution is -2.64. The van der Waals surface area contributed by atoms with Crippen molar-refractivity contribution < 1.29 is 4.79 Å².